The number of benzene rings is 3. The van der Waals surface area contributed by atoms with Gasteiger partial charge in [-0.3, -0.25) is 9.59 Å². The molecule has 3 aromatic carbocycles. The third kappa shape index (κ3) is 4.46. The molecule has 5 nitrogen and oxygen atoms in total. The van der Waals surface area contributed by atoms with Crippen LogP contribution < -0.4 is 15.4 Å². The molecular weight excluding hydrogens is 359 g/mol. The first-order chi connectivity index (χ1) is 13.6. The minimum atomic E-state index is -0.436. The van der Waals surface area contributed by atoms with E-state index < -0.39 is 5.82 Å². The Morgan fingerprint density at radius 2 is 1.82 bits per heavy atom. The van der Waals surface area contributed by atoms with Crippen LogP contribution in [0.25, 0.3) is 10.8 Å². The average molecular weight is 376 g/mol. The second kappa shape index (κ2) is 8.69. The van der Waals surface area contributed by atoms with Gasteiger partial charge in [0, 0.05) is 16.6 Å². The van der Waals surface area contributed by atoms with E-state index in [0.717, 1.165) is 0 Å². The number of terminal acetylenes is 1. The maximum Gasteiger partial charge on any atom is 0.258 e. The number of ether oxygens (including phenoxy) is 1. The monoisotopic (exact) mass is 376 g/mol. The molecule has 0 atom stereocenters. The molecule has 0 unspecified atom stereocenters. The molecule has 0 radical (unpaired) electrons. The van der Waals surface area contributed by atoms with Gasteiger partial charge in [0.25, 0.3) is 11.8 Å². The van der Waals surface area contributed by atoms with Crippen molar-refractivity contribution in [3.05, 3.63) is 72.0 Å². The van der Waals surface area contributed by atoms with Gasteiger partial charge in [-0.1, -0.05) is 36.3 Å². The topological polar surface area (TPSA) is 67.4 Å². The number of nitrogens with one attached hydrogen (secondary N) is 2. The van der Waals surface area contributed by atoms with E-state index in [4.69, 9.17) is 11.2 Å². The number of hydrogen-bond acceptors (Lipinski definition) is 3. The first-order valence-electron chi connectivity index (χ1n) is 8.50. The van der Waals surface area contributed by atoms with Gasteiger partial charge < -0.3 is 15.4 Å². The Kier molecular flexibility index (Phi) is 5.87. The molecule has 6 heteroatoms. The molecule has 140 valence electrons. The lowest BCUT2D eigenvalue weighted by molar-refractivity contribution is -0.122. The maximum absolute atomic E-state index is 13.3. The second-order valence-electron chi connectivity index (χ2n) is 5.89. The normalized spacial score (nSPS) is 10.1. The van der Waals surface area contributed by atoms with E-state index in [1.807, 2.05) is 6.07 Å². The van der Waals surface area contributed by atoms with Gasteiger partial charge in [0.2, 0.25) is 0 Å². The van der Waals surface area contributed by atoms with Gasteiger partial charge in [-0.2, -0.15) is 0 Å². The molecule has 0 saturated carbocycles. The van der Waals surface area contributed by atoms with E-state index in [9.17, 15) is 14.0 Å². The molecule has 2 amide bonds. The van der Waals surface area contributed by atoms with Crippen LogP contribution in [-0.2, 0) is 4.79 Å². The van der Waals surface area contributed by atoms with Gasteiger partial charge in [-0.15, -0.1) is 6.42 Å². The Morgan fingerprint density at radius 3 is 2.57 bits per heavy atom. The summed E-state index contributed by atoms with van der Waals surface area (Å²) < 4.78 is 18.9. The molecule has 0 fully saturated rings. The molecule has 3 aromatic rings. The SMILES string of the molecule is C#CCNC(=O)COc1ccc(C(=O)Nc2cccc(F)c2)c2ccccc12. The summed E-state index contributed by atoms with van der Waals surface area (Å²) in [6, 6.07) is 16.1. The molecule has 0 aromatic heterocycles. The summed E-state index contributed by atoms with van der Waals surface area (Å²) in [5.74, 6) is 1.63. The van der Waals surface area contributed by atoms with Crippen molar-refractivity contribution < 1.29 is 18.7 Å². The summed E-state index contributed by atoms with van der Waals surface area (Å²) >= 11 is 0. The molecule has 2 N–H and O–H groups in total. The number of fused-ring (bicyclic) bond motifs is 1. The lowest BCUT2D eigenvalue weighted by atomic mass is 10.0. The Bertz CT molecular complexity index is 1070. The second-order valence-corrected chi connectivity index (χ2v) is 5.89. The summed E-state index contributed by atoms with van der Waals surface area (Å²) in [4.78, 5) is 24.4. The Hall–Kier alpha value is -3.85. The van der Waals surface area contributed by atoms with Crippen molar-refractivity contribution in [1.29, 1.82) is 0 Å². The number of anilines is 1. The third-order valence-corrected chi connectivity index (χ3v) is 3.96. The molecule has 0 aliphatic rings. The van der Waals surface area contributed by atoms with Gasteiger partial charge in [0.1, 0.15) is 11.6 Å². The van der Waals surface area contributed by atoms with Crippen molar-refractivity contribution in [2.24, 2.45) is 0 Å². The highest BCUT2D eigenvalue weighted by molar-refractivity contribution is 6.14. The molecule has 0 aliphatic carbocycles. The molecule has 0 saturated heterocycles. The van der Waals surface area contributed by atoms with Gasteiger partial charge >= 0.3 is 0 Å². The highest BCUT2D eigenvalue weighted by Crippen LogP contribution is 2.29. The Labute approximate surface area is 161 Å². The first-order valence-corrected chi connectivity index (χ1v) is 8.50. The van der Waals surface area contributed by atoms with Crippen molar-refractivity contribution in [1.82, 2.24) is 5.32 Å². The molecule has 28 heavy (non-hydrogen) atoms. The Morgan fingerprint density at radius 1 is 1.04 bits per heavy atom. The van der Waals surface area contributed by atoms with E-state index >= 15 is 0 Å². The smallest absolute Gasteiger partial charge is 0.258 e. The number of carbonyl (C=O) groups excluding carboxylic acids is 2. The summed E-state index contributed by atoms with van der Waals surface area (Å²) in [6.07, 6.45) is 5.10. The highest BCUT2D eigenvalue weighted by Gasteiger charge is 2.14. The van der Waals surface area contributed by atoms with Crippen molar-refractivity contribution >= 4 is 28.3 Å². The number of carbonyl (C=O) groups is 2. The zero-order valence-electron chi connectivity index (χ0n) is 14.9. The fraction of sp³-hybridized carbons (Fsp3) is 0.0909. The van der Waals surface area contributed by atoms with Crippen molar-refractivity contribution in [3.63, 3.8) is 0 Å². The van der Waals surface area contributed by atoms with Crippen LogP contribution in [0.4, 0.5) is 10.1 Å². The van der Waals surface area contributed by atoms with Gasteiger partial charge in [0.15, 0.2) is 6.61 Å². The van der Waals surface area contributed by atoms with Crippen molar-refractivity contribution in [2.75, 3.05) is 18.5 Å². The molecular formula is C22H17FN2O3. The lowest BCUT2D eigenvalue weighted by Gasteiger charge is -2.13. The Balaban J connectivity index is 1.84. The zero-order chi connectivity index (χ0) is 19.9. The number of hydrogen-bond donors (Lipinski definition) is 2. The van der Waals surface area contributed by atoms with Crippen LogP contribution in [0.2, 0.25) is 0 Å². The average Bonchev–Trinajstić information content (AvgIpc) is 2.70. The van der Waals surface area contributed by atoms with Crippen LogP contribution in [0.3, 0.4) is 0 Å². The van der Waals surface area contributed by atoms with Gasteiger partial charge in [0.05, 0.1) is 6.54 Å². The van der Waals surface area contributed by atoms with Crippen LogP contribution in [-0.4, -0.2) is 25.0 Å². The first kappa shape index (κ1) is 18.9. The molecule has 3 rings (SSSR count). The van der Waals surface area contributed by atoms with Crippen LogP contribution in [0.5, 0.6) is 5.75 Å². The molecule has 0 heterocycles. The molecule has 0 aliphatic heterocycles. The maximum atomic E-state index is 13.3. The van der Waals surface area contributed by atoms with Crippen LogP contribution in [0.15, 0.2) is 60.7 Å². The summed E-state index contributed by atoms with van der Waals surface area (Å²) in [7, 11) is 0. The van der Waals surface area contributed by atoms with Crippen LogP contribution >= 0.6 is 0 Å². The lowest BCUT2D eigenvalue weighted by Crippen LogP contribution is -2.29. The van der Waals surface area contributed by atoms with Crippen molar-refractivity contribution in [2.45, 2.75) is 0 Å². The summed E-state index contributed by atoms with van der Waals surface area (Å²) in [5.41, 5.74) is 0.767. The minimum absolute atomic E-state index is 0.127. The predicted octanol–water partition coefficient (Wildman–Crippen LogP) is 3.36. The summed E-state index contributed by atoms with van der Waals surface area (Å²) in [6.45, 7) is -0.0668. The highest BCUT2D eigenvalue weighted by atomic mass is 19.1. The van der Waals surface area contributed by atoms with E-state index in [-0.39, 0.29) is 25.0 Å². The molecule has 0 bridgehead atoms. The van der Waals surface area contributed by atoms with Crippen LogP contribution in [0, 0.1) is 18.2 Å². The standard InChI is InChI=1S/C22H17FN2O3/c1-2-12-24-21(26)14-28-20-11-10-19(17-8-3-4-9-18(17)20)22(27)25-16-7-5-6-15(23)13-16/h1,3-11,13H,12,14H2,(H,24,26)(H,25,27). The fourth-order valence-electron chi connectivity index (χ4n) is 2.70. The van der Waals surface area contributed by atoms with E-state index in [0.29, 0.717) is 27.8 Å². The predicted molar refractivity (Wildman–Crippen MR) is 106 cm³/mol. The van der Waals surface area contributed by atoms with Crippen molar-refractivity contribution in [3.8, 4) is 18.1 Å². The summed E-state index contributed by atoms with van der Waals surface area (Å²) in [5, 5.41) is 6.53. The van der Waals surface area contributed by atoms with Gasteiger partial charge in [-0.25, -0.2) is 4.39 Å². The van der Waals surface area contributed by atoms with Gasteiger partial charge in [-0.05, 0) is 35.7 Å². The zero-order valence-corrected chi connectivity index (χ0v) is 14.9. The minimum Gasteiger partial charge on any atom is -0.483 e. The fourth-order valence-corrected chi connectivity index (χ4v) is 2.70. The molecule has 0 spiro atoms. The largest absolute Gasteiger partial charge is 0.483 e. The van der Waals surface area contributed by atoms with E-state index in [1.165, 1.54) is 18.2 Å². The van der Waals surface area contributed by atoms with E-state index in [1.54, 1.807) is 36.4 Å². The number of rotatable bonds is 6. The quantitative estimate of drug-likeness (QED) is 0.649. The number of halogens is 1. The van der Waals surface area contributed by atoms with E-state index in [2.05, 4.69) is 16.6 Å². The third-order valence-electron chi connectivity index (χ3n) is 3.96. The van der Waals surface area contributed by atoms with Crippen LogP contribution in [0.1, 0.15) is 10.4 Å². The number of amides is 2.